The molecule has 0 bridgehead atoms. The first-order valence-electron chi connectivity index (χ1n) is 5.75. The molecule has 0 fully saturated rings. The van der Waals surface area contributed by atoms with Crippen LogP contribution in [0.25, 0.3) is 11.3 Å². The Hall–Kier alpha value is -1.62. The van der Waals surface area contributed by atoms with Crippen LogP contribution in [0.1, 0.15) is 25.1 Å². The predicted octanol–water partition coefficient (Wildman–Crippen LogP) is 1.88. The number of nitrogens with zero attached hydrogens (tertiary/aromatic N) is 3. The maximum absolute atomic E-state index is 5.33. The summed E-state index contributed by atoms with van der Waals surface area (Å²) in [5, 5.41) is 11.5. The summed E-state index contributed by atoms with van der Waals surface area (Å²) in [5.74, 6) is 0.809. The van der Waals surface area contributed by atoms with Gasteiger partial charge in [-0.15, -0.1) is 0 Å². The lowest BCUT2D eigenvalue weighted by molar-refractivity contribution is 0.431. The van der Waals surface area contributed by atoms with E-state index in [9.17, 15) is 0 Å². The van der Waals surface area contributed by atoms with Gasteiger partial charge in [0.05, 0.1) is 17.5 Å². The van der Waals surface area contributed by atoms with Gasteiger partial charge in [-0.2, -0.15) is 5.10 Å². The van der Waals surface area contributed by atoms with Gasteiger partial charge in [0.15, 0.2) is 5.76 Å². The van der Waals surface area contributed by atoms with Crippen molar-refractivity contribution < 1.29 is 4.52 Å². The highest BCUT2D eigenvalue weighted by atomic mass is 16.5. The van der Waals surface area contributed by atoms with Crippen molar-refractivity contribution in [3.05, 3.63) is 23.7 Å². The van der Waals surface area contributed by atoms with Crippen molar-refractivity contribution in [1.29, 1.82) is 0 Å². The molecule has 2 rings (SSSR count). The molecule has 0 aliphatic carbocycles. The first-order valence-corrected chi connectivity index (χ1v) is 5.75. The summed E-state index contributed by atoms with van der Waals surface area (Å²) in [7, 11) is 1.90. The fourth-order valence-electron chi connectivity index (χ4n) is 1.74. The normalized spacial score (nSPS) is 11.4. The van der Waals surface area contributed by atoms with Crippen LogP contribution in [-0.4, -0.2) is 21.0 Å². The van der Waals surface area contributed by atoms with Crippen LogP contribution >= 0.6 is 0 Å². The molecular weight excluding hydrogens is 216 g/mol. The minimum Gasteiger partial charge on any atom is -0.356 e. The molecule has 92 valence electrons. The molecule has 0 saturated heterocycles. The van der Waals surface area contributed by atoms with Crippen LogP contribution in [0.2, 0.25) is 0 Å². The lowest BCUT2D eigenvalue weighted by Crippen LogP contribution is -2.21. The molecular formula is C12H18N4O. The Morgan fingerprint density at radius 3 is 2.82 bits per heavy atom. The molecule has 0 saturated carbocycles. The molecule has 2 aromatic heterocycles. The highest BCUT2D eigenvalue weighted by Crippen LogP contribution is 2.25. The highest BCUT2D eigenvalue weighted by Gasteiger charge is 2.15. The third kappa shape index (κ3) is 2.55. The summed E-state index contributed by atoms with van der Waals surface area (Å²) in [6.45, 7) is 6.95. The standard InChI is InChI=1S/C12H18N4O/c1-8(2)13-5-10-6-14-17-12(10)11-7-16(4)15-9(11)3/h6-8,13H,5H2,1-4H3. The van der Waals surface area contributed by atoms with Gasteiger partial charge in [-0.1, -0.05) is 19.0 Å². The summed E-state index contributed by atoms with van der Waals surface area (Å²) < 4.78 is 7.12. The van der Waals surface area contributed by atoms with Crippen molar-refractivity contribution in [2.75, 3.05) is 0 Å². The van der Waals surface area contributed by atoms with Crippen LogP contribution in [0.4, 0.5) is 0 Å². The van der Waals surface area contributed by atoms with Crippen molar-refractivity contribution >= 4 is 0 Å². The Balaban J connectivity index is 2.27. The third-order valence-electron chi connectivity index (χ3n) is 2.60. The van der Waals surface area contributed by atoms with Gasteiger partial charge in [0.2, 0.25) is 0 Å². The van der Waals surface area contributed by atoms with Gasteiger partial charge in [-0.3, -0.25) is 4.68 Å². The number of hydrogen-bond donors (Lipinski definition) is 1. The Morgan fingerprint density at radius 2 is 2.24 bits per heavy atom. The molecule has 0 spiro atoms. The molecule has 0 radical (unpaired) electrons. The Bertz CT molecular complexity index is 498. The van der Waals surface area contributed by atoms with Crippen molar-refractivity contribution in [2.24, 2.45) is 7.05 Å². The number of aromatic nitrogens is 3. The van der Waals surface area contributed by atoms with Crippen LogP contribution in [0, 0.1) is 6.92 Å². The van der Waals surface area contributed by atoms with Crippen molar-refractivity contribution in [3.63, 3.8) is 0 Å². The summed E-state index contributed by atoms with van der Waals surface area (Å²) in [6.07, 6.45) is 3.71. The quantitative estimate of drug-likeness (QED) is 0.877. The maximum atomic E-state index is 5.33. The average Bonchev–Trinajstić information content (AvgIpc) is 2.81. The topological polar surface area (TPSA) is 55.9 Å². The summed E-state index contributed by atoms with van der Waals surface area (Å²) in [6, 6.07) is 0.438. The zero-order valence-corrected chi connectivity index (χ0v) is 10.7. The first kappa shape index (κ1) is 11.9. The Kier molecular flexibility index (Phi) is 3.28. The van der Waals surface area contributed by atoms with Gasteiger partial charge >= 0.3 is 0 Å². The van der Waals surface area contributed by atoms with Gasteiger partial charge in [0.1, 0.15) is 0 Å². The molecule has 0 unspecified atom stereocenters. The second-order valence-electron chi connectivity index (χ2n) is 4.52. The Labute approximate surface area is 101 Å². The zero-order valence-electron chi connectivity index (χ0n) is 10.7. The summed E-state index contributed by atoms with van der Waals surface area (Å²) >= 11 is 0. The second-order valence-corrected chi connectivity index (χ2v) is 4.52. The van der Waals surface area contributed by atoms with E-state index in [2.05, 4.69) is 29.4 Å². The second kappa shape index (κ2) is 4.71. The van der Waals surface area contributed by atoms with Gasteiger partial charge < -0.3 is 9.84 Å². The van der Waals surface area contributed by atoms with Crippen LogP contribution < -0.4 is 5.32 Å². The Morgan fingerprint density at radius 1 is 1.47 bits per heavy atom. The molecule has 0 aliphatic rings. The zero-order chi connectivity index (χ0) is 12.4. The minimum atomic E-state index is 0.438. The van der Waals surface area contributed by atoms with Crippen LogP contribution in [0.5, 0.6) is 0 Å². The molecule has 17 heavy (non-hydrogen) atoms. The molecule has 2 heterocycles. The largest absolute Gasteiger partial charge is 0.356 e. The first-order chi connectivity index (χ1) is 8.08. The molecule has 2 aromatic rings. The fourth-order valence-corrected chi connectivity index (χ4v) is 1.74. The third-order valence-corrected chi connectivity index (χ3v) is 2.60. The van der Waals surface area contributed by atoms with Crippen molar-refractivity contribution in [2.45, 2.75) is 33.4 Å². The van der Waals surface area contributed by atoms with Gasteiger partial charge in [0.25, 0.3) is 0 Å². The lowest BCUT2D eigenvalue weighted by atomic mass is 10.1. The van der Waals surface area contributed by atoms with E-state index in [4.69, 9.17) is 4.52 Å². The SMILES string of the molecule is Cc1nn(C)cc1-c1oncc1CNC(C)C. The predicted molar refractivity (Wildman–Crippen MR) is 65.4 cm³/mol. The van der Waals surface area contributed by atoms with Gasteiger partial charge in [0, 0.05) is 31.4 Å². The van der Waals surface area contributed by atoms with E-state index in [0.717, 1.165) is 29.1 Å². The van der Waals surface area contributed by atoms with E-state index in [1.54, 1.807) is 10.9 Å². The summed E-state index contributed by atoms with van der Waals surface area (Å²) in [5.41, 5.74) is 3.02. The van der Waals surface area contributed by atoms with Crippen LogP contribution in [-0.2, 0) is 13.6 Å². The van der Waals surface area contributed by atoms with E-state index in [1.165, 1.54) is 0 Å². The van der Waals surface area contributed by atoms with E-state index >= 15 is 0 Å². The average molecular weight is 234 g/mol. The summed E-state index contributed by atoms with van der Waals surface area (Å²) in [4.78, 5) is 0. The fraction of sp³-hybridized carbons (Fsp3) is 0.500. The van der Waals surface area contributed by atoms with Crippen molar-refractivity contribution in [3.8, 4) is 11.3 Å². The van der Waals surface area contributed by atoms with E-state index in [-0.39, 0.29) is 0 Å². The lowest BCUT2D eigenvalue weighted by Gasteiger charge is -2.06. The monoisotopic (exact) mass is 234 g/mol. The number of aryl methyl sites for hydroxylation is 2. The smallest absolute Gasteiger partial charge is 0.174 e. The van der Waals surface area contributed by atoms with Gasteiger partial charge in [-0.25, -0.2) is 0 Å². The van der Waals surface area contributed by atoms with Crippen molar-refractivity contribution in [1.82, 2.24) is 20.3 Å². The number of rotatable bonds is 4. The molecule has 0 aromatic carbocycles. The maximum Gasteiger partial charge on any atom is 0.174 e. The number of nitrogens with one attached hydrogen (secondary N) is 1. The van der Waals surface area contributed by atoms with E-state index in [0.29, 0.717) is 6.04 Å². The minimum absolute atomic E-state index is 0.438. The van der Waals surface area contributed by atoms with E-state index in [1.807, 2.05) is 20.2 Å². The molecule has 0 amide bonds. The molecule has 1 N–H and O–H groups in total. The number of hydrogen-bond acceptors (Lipinski definition) is 4. The molecule has 5 heteroatoms. The van der Waals surface area contributed by atoms with E-state index < -0.39 is 0 Å². The highest BCUT2D eigenvalue weighted by molar-refractivity contribution is 5.62. The molecule has 0 aliphatic heterocycles. The van der Waals surface area contributed by atoms with Crippen LogP contribution in [0.15, 0.2) is 16.9 Å². The van der Waals surface area contributed by atoms with Gasteiger partial charge in [-0.05, 0) is 6.92 Å². The molecule has 5 nitrogen and oxygen atoms in total. The molecule has 0 atom stereocenters. The van der Waals surface area contributed by atoms with Crippen LogP contribution in [0.3, 0.4) is 0 Å².